The van der Waals surface area contributed by atoms with Crippen LogP contribution in [0.3, 0.4) is 0 Å². The largest absolute Gasteiger partial charge is 0.444 e. The Bertz CT molecular complexity index is 730. The van der Waals surface area contributed by atoms with Crippen LogP contribution in [-0.2, 0) is 23.7 Å². The molecule has 0 aromatic rings. The van der Waals surface area contributed by atoms with Gasteiger partial charge in [-0.05, 0) is 81.7 Å². The average Bonchev–Trinajstić information content (AvgIpc) is 2.52. The van der Waals surface area contributed by atoms with Crippen molar-refractivity contribution in [3.63, 3.8) is 0 Å². The third-order valence-electron chi connectivity index (χ3n) is 3.06. The molecule has 0 unspecified atom stereocenters. The molecule has 0 saturated carbocycles. The van der Waals surface area contributed by atoms with E-state index in [1.165, 1.54) is 0 Å². The molecule has 0 heterocycles. The Balaban J connectivity index is 5.64. The van der Waals surface area contributed by atoms with Crippen LogP contribution in [0.25, 0.3) is 0 Å². The Morgan fingerprint density at radius 2 is 1.30 bits per heavy atom. The van der Waals surface area contributed by atoms with E-state index in [0.717, 1.165) is 0 Å². The Labute approximate surface area is 194 Å². The highest BCUT2D eigenvalue weighted by molar-refractivity contribution is 6.01. The van der Waals surface area contributed by atoms with Gasteiger partial charge in [-0.1, -0.05) is 0 Å². The first kappa shape index (κ1) is 30.1. The molecule has 33 heavy (non-hydrogen) atoms. The van der Waals surface area contributed by atoms with E-state index in [-0.39, 0.29) is 13.0 Å². The molecule has 0 saturated heterocycles. The molecule has 3 amide bonds. The van der Waals surface area contributed by atoms with Crippen LogP contribution in [0.5, 0.6) is 0 Å². The maximum atomic E-state index is 12.7. The van der Waals surface area contributed by atoms with Crippen molar-refractivity contribution in [1.29, 1.82) is 0 Å². The molecule has 0 fully saturated rings. The van der Waals surface area contributed by atoms with Gasteiger partial charge in [-0.15, -0.1) is 4.99 Å². The average molecular weight is 475 g/mol. The number of hydrogen-bond acceptors (Lipinski definition) is 9. The van der Waals surface area contributed by atoms with Crippen molar-refractivity contribution in [3.8, 4) is 0 Å². The lowest BCUT2D eigenvalue weighted by Gasteiger charge is -2.23. The van der Waals surface area contributed by atoms with E-state index in [1.54, 1.807) is 62.3 Å². The molecule has 0 aromatic heterocycles. The van der Waals surface area contributed by atoms with Gasteiger partial charge < -0.3 is 30.0 Å². The Morgan fingerprint density at radius 1 is 0.818 bits per heavy atom. The van der Waals surface area contributed by atoms with E-state index in [1.807, 2.05) is 0 Å². The summed E-state index contributed by atoms with van der Waals surface area (Å²) in [6.45, 7) is 14.9. The number of nitrogens with one attached hydrogen (secondary N) is 2. The van der Waals surface area contributed by atoms with E-state index < -0.39 is 53.1 Å². The first-order valence-electron chi connectivity index (χ1n) is 10.5. The second-order valence-corrected chi connectivity index (χ2v) is 10.1. The van der Waals surface area contributed by atoms with Gasteiger partial charge in [-0.3, -0.25) is 0 Å². The van der Waals surface area contributed by atoms with E-state index in [0.29, 0.717) is 6.42 Å². The molecule has 1 atom stereocenters. The van der Waals surface area contributed by atoms with Crippen LogP contribution < -0.4 is 16.4 Å². The molecule has 0 aromatic carbocycles. The summed E-state index contributed by atoms with van der Waals surface area (Å²) in [5.41, 5.74) is 2.95. The summed E-state index contributed by atoms with van der Waals surface area (Å²) < 4.78 is 20.4. The maximum absolute atomic E-state index is 12.7. The predicted octanol–water partition coefficient (Wildman–Crippen LogP) is 2.98. The van der Waals surface area contributed by atoms with Crippen LogP contribution in [0.4, 0.5) is 14.4 Å². The first-order valence-corrected chi connectivity index (χ1v) is 10.5. The lowest BCUT2D eigenvalue weighted by molar-refractivity contribution is -0.138. The summed E-state index contributed by atoms with van der Waals surface area (Å²) in [5, 5.41) is 4.49. The number of carbonyl (C=O) groups is 4. The number of alkyl carbamates (subject to hydrolysis) is 2. The van der Waals surface area contributed by atoms with Gasteiger partial charge in [-0.25, -0.2) is 24.5 Å². The highest BCUT2D eigenvalue weighted by Gasteiger charge is 2.28. The standard InChI is InChI=1S/C21H38N4O8/c1-19(2,3)31-16(27)23-13(11-10-12-22)14(26)30-15(24-17(28)32-20(4,5)6)25-18(29)33-21(7,8)9/h13H,10-12,22H2,1-9H3,(H,23,27)(H,24,25,28,29)/t13-/m0/s1. The SMILES string of the molecule is CC(C)(C)OC(=O)N=C(NC(=O)OC(C)(C)C)OC(=O)[C@H](CCCN)NC(=O)OC(C)(C)C. The number of ether oxygens (including phenoxy) is 4. The van der Waals surface area contributed by atoms with Crippen molar-refractivity contribution in [3.05, 3.63) is 0 Å². The van der Waals surface area contributed by atoms with Crippen LogP contribution >= 0.6 is 0 Å². The van der Waals surface area contributed by atoms with Crippen LogP contribution in [0.2, 0.25) is 0 Å². The summed E-state index contributed by atoms with van der Waals surface area (Å²) in [4.78, 5) is 52.6. The van der Waals surface area contributed by atoms with Gasteiger partial charge in [0.15, 0.2) is 0 Å². The molecule has 0 bridgehead atoms. The zero-order valence-electron chi connectivity index (χ0n) is 21.0. The first-order chi connectivity index (χ1) is 14.8. The van der Waals surface area contributed by atoms with Crippen molar-refractivity contribution in [2.45, 2.75) is 98.0 Å². The third kappa shape index (κ3) is 16.4. The summed E-state index contributed by atoms with van der Waals surface area (Å²) in [5.74, 6) is -1.01. The van der Waals surface area contributed by atoms with E-state index in [9.17, 15) is 19.2 Å². The normalized spacial score (nSPS) is 13.5. The minimum Gasteiger partial charge on any atom is -0.444 e. The number of hydrogen-bond donors (Lipinski definition) is 3. The molecule has 0 radical (unpaired) electrons. The fraction of sp³-hybridized carbons (Fsp3) is 0.762. The quantitative estimate of drug-likeness (QED) is 0.235. The number of nitrogens with two attached hydrogens (primary N) is 1. The molecule has 0 rings (SSSR count). The van der Waals surface area contributed by atoms with Crippen molar-refractivity contribution < 1.29 is 38.1 Å². The molecule has 0 aliphatic carbocycles. The maximum Gasteiger partial charge on any atom is 0.438 e. The zero-order chi connectivity index (χ0) is 26.0. The van der Waals surface area contributed by atoms with Crippen LogP contribution in [0.15, 0.2) is 4.99 Å². The number of nitrogens with zero attached hydrogens (tertiary/aromatic N) is 1. The molecule has 0 spiro atoms. The fourth-order valence-electron chi connectivity index (χ4n) is 2.02. The summed E-state index contributed by atoms with van der Waals surface area (Å²) in [6, 6.07) is -1.96. The van der Waals surface area contributed by atoms with E-state index in [2.05, 4.69) is 15.6 Å². The molecular weight excluding hydrogens is 436 g/mol. The second-order valence-electron chi connectivity index (χ2n) is 10.1. The third-order valence-corrected chi connectivity index (χ3v) is 3.06. The van der Waals surface area contributed by atoms with Gasteiger partial charge in [0.05, 0.1) is 0 Å². The van der Waals surface area contributed by atoms with Crippen LogP contribution in [0.1, 0.15) is 75.2 Å². The van der Waals surface area contributed by atoms with Gasteiger partial charge in [0.25, 0.3) is 0 Å². The summed E-state index contributed by atoms with van der Waals surface area (Å²) in [7, 11) is 0. The minimum atomic E-state index is -1.19. The van der Waals surface area contributed by atoms with Gasteiger partial charge in [-0.2, -0.15) is 0 Å². The summed E-state index contributed by atoms with van der Waals surface area (Å²) >= 11 is 0. The summed E-state index contributed by atoms with van der Waals surface area (Å²) in [6.07, 6.45) is -2.50. The number of aliphatic imine (C=N–C) groups is 1. The fourth-order valence-corrected chi connectivity index (χ4v) is 2.02. The Morgan fingerprint density at radius 3 is 1.76 bits per heavy atom. The Hall–Kier alpha value is -2.89. The van der Waals surface area contributed by atoms with Crippen molar-refractivity contribution in [2.24, 2.45) is 10.7 Å². The highest BCUT2D eigenvalue weighted by Crippen LogP contribution is 2.11. The topological polar surface area (TPSA) is 168 Å². The lowest BCUT2D eigenvalue weighted by atomic mass is 10.1. The molecule has 12 heteroatoms. The molecule has 0 aliphatic rings. The monoisotopic (exact) mass is 474 g/mol. The molecule has 12 nitrogen and oxygen atoms in total. The predicted molar refractivity (Wildman–Crippen MR) is 121 cm³/mol. The van der Waals surface area contributed by atoms with Crippen molar-refractivity contribution in [1.82, 2.24) is 10.6 Å². The van der Waals surface area contributed by atoms with Gasteiger partial charge in [0.1, 0.15) is 22.8 Å². The van der Waals surface area contributed by atoms with Gasteiger partial charge in [0.2, 0.25) is 0 Å². The second kappa shape index (κ2) is 12.4. The number of esters is 1. The molecular formula is C21H38N4O8. The lowest BCUT2D eigenvalue weighted by Crippen LogP contribution is -2.47. The van der Waals surface area contributed by atoms with Crippen molar-refractivity contribution >= 4 is 30.3 Å². The number of amidine groups is 1. The number of amides is 3. The highest BCUT2D eigenvalue weighted by atomic mass is 16.6. The molecule has 4 N–H and O–H groups in total. The molecule has 190 valence electrons. The zero-order valence-corrected chi connectivity index (χ0v) is 21.0. The number of carbonyl (C=O) groups excluding carboxylic acids is 4. The number of rotatable bonds is 5. The smallest absolute Gasteiger partial charge is 0.438 e. The van der Waals surface area contributed by atoms with E-state index >= 15 is 0 Å². The van der Waals surface area contributed by atoms with Crippen LogP contribution in [-0.4, -0.2) is 59.7 Å². The van der Waals surface area contributed by atoms with E-state index in [4.69, 9.17) is 24.7 Å². The van der Waals surface area contributed by atoms with Gasteiger partial charge >= 0.3 is 30.3 Å². The minimum absolute atomic E-state index is 0.112. The van der Waals surface area contributed by atoms with Gasteiger partial charge in [0, 0.05) is 0 Å². The Kier molecular flexibility index (Phi) is 11.3. The van der Waals surface area contributed by atoms with Crippen LogP contribution in [0, 0.1) is 0 Å². The molecule has 0 aliphatic heterocycles. The van der Waals surface area contributed by atoms with Crippen molar-refractivity contribution in [2.75, 3.05) is 6.54 Å².